The average molecular weight is 181 g/mol. The summed E-state index contributed by atoms with van der Waals surface area (Å²) < 4.78 is 0. The van der Waals surface area contributed by atoms with Crippen molar-refractivity contribution in [3.63, 3.8) is 0 Å². The molecule has 0 rings (SSSR count). The van der Waals surface area contributed by atoms with Crippen LogP contribution in [-0.4, -0.2) is 24.0 Å². The quantitative estimate of drug-likeness (QED) is 0.410. The summed E-state index contributed by atoms with van der Waals surface area (Å²) in [4.78, 5) is 2.44. The van der Waals surface area contributed by atoms with Crippen molar-refractivity contribution in [2.24, 2.45) is 0 Å². The highest BCUT2D eigenvalue weighted by Gasteiger charge is 2.10. The summed E-state index contributed by atoms with van der Waals surface area (Å²) >= 11 is 0. The van der Waals surface area contributed by atoms with Crippen molar-refractivity contribution in [1.29, 1.82) is 0 Å². The number of allylic oxidation sites excluding steroid dienone is 1. The van der Waals surface area contributed by atoms with Gasteiger partial charge in [-0.25, -0.2) is 0 Å². The molecule has 0 N–H and O–H groups in total. The Balaban J connectivity index is 3.84. The van der Waals surface area contributed by atoms with Crippen molar-refractivity contribution >= 4 is 0 Å². The largest absolute Gasteiger partial charge is 0.297 e. The van der Waals surface area contributed by atoms with Gasteiger partial charge < -0.3 is 0 Å². The van der Waals surface area contributed by atoms with Crippen LogP contribution >= 0.6 is 0 Å². The second kappa shape index (κ2) is 8.06. The molecule has 0 aromatic carbocycles. The molecule has 0 bridgehead atoms. The van der Waals surface area contributed by atoms with Gasteiger partial charge in [-0.15, -0.1) is 13.2 Å². The Bertz CT molecular complexity index is 136. The van der Waals surface area contributed by atoms with Gasteiger partial charge in [0.15, 0.2) is 0 Å². The van der Waals surface area contributed by atoms with Crippen molar-refractivity contribution in [2.75, 3.05) is 13.1 Å². The minimum atomic E-state index is 0.551. The van der Waals surface area contributed by atoms with Crippen molar-refractivity contribution in [3.05, 3.63) is 25.3 Å². The third kappa shape index (κ3) is 4.89. The maximum absolute atomic E-state index is 3.89. The maximum Gasteiger partial charge on any atom is 0.0275 e. The van der Waals surface area contributed by atoms with E-state index in [1.54, 1.807) is 0 Å². The van der Waals surface area contributed by atoms with Crippen molar-refractivity contribution < 1.29 is 0 Å². The van der Waals surface area contributed by atoms with Crippen LogP contribution in [0.25, 0.3) is 0 Å². The first-order chi connectivity index (χ1) is 6.29. The van der Waals surface area contributed by atoms with E-state index in [0.717, 1.165) is 19.5 Å². The second-order valence-electron chi connectivity index (χ2n) is 3.24. The van der Waals surface area contributed by atoms with E-state index in [1.807, 2.05) is 6.08 Å². The summed E-state index contributed by atoms with van der Waals surface area (Å²) in [5.41, 5.74) is 0. The average Bonchev–Trinajstić information content (AvgIpc) is 2.17. The first kappa shape index (κ1) is 12.4. The van der Waals surface area contributed by atoms with Crippen LogP contribution < -0.4 is 0 Å². The highest BCUT2D eigenvalue weighted by molar-refractivity contribution is 4.87. The van der Waals surface area contributed by atoms with Crippen molar-refractivity contribution in [2.45, 2.75) is 39.2 Å². The Morgan fingerprint density at radius 1 is 1.23 bits per heavy atom. The Morgan fingerprint density at radius 3 is 2.23 bits per heavy atom. The van der Waals surface area contributed by atoms with Gasteiger partial charge in [0, 0.05) is 6.04 Å². The molecule has 1 atom stereocenters. The Labute approximate surface area is 83.1 Å². The number of nitrogens with zero attached hydrogens (tertiary/aromatic N) is 1. The monoisotopic (exact) mass is 181 g/mol. The molecule has 76 valence electrons. The molecule has 0 saturated heterocycles. The van der Waals surface area contributed by atoms with Crippen LogP contribution in [0.2, 0.25) is 0 Å². The molecule has 0 saturated carbocycles. The lowest BCUT2D eigenvalue weighted by molar-refractivity contribution is 0.241. The van der Waals surface area contributed by atoms with E-state index in [-0.39, 0.29) is 0 Å². The highest BCUT2D eigenvalue weighted by atomic mass is 15.1. The zero-order valence-corrected chi connectivity index (χ0v) is 9.13. The minimum absolute atomic E-state index is 0.551. The first-order valence-electron chi connectivity index (χ1n) is 5.27. The number of likely N-dealkylation sites (N-methyl/N-ethyl adjacent to an activating group) is 1. The number of unbranched alkanes of at least 4 members (excludes halogenated alkanes) is 1. The van der Waals surface area contributed by atoms with Crippen LogP contribution in [0, 0.1) is 0 Å². The fraction of sp³-hybridized carbons (Fsp3) is 0.667. The summed E-state index contributed by atoms with van der Waals surface area (Å²) in [6, 6.07) is 0.551. The van der Waals surface area contributed by atoms with Crippen LogP contribution in [0.1, 0.15) is 33.1 Å². The van der Waals surface area contributed by atoms with E-state index >= 15 is 0 Å². The van der Waals surface area contributed by atoms with E-state index in [2.05, 4.69) is 38.0 Å². The van der Waals surface area contributed by atoms with Crippen molar-refractivity contribution in [1.82, 2.24) is 4.90 Å². The number of rotatable bonds is 8. The van der Waals surface area contributed by atoms with E-state index in [9.17, 15) is 0 Å². The molecule has 1 heteroatoms. The molecular formula is C12H23N. The van der Waals surface area contributed by atoms with Gasteiger partial charge in [0.1, 0.15) is 0 Å². The van der Waals surface area contributed by atoms with Crippen LogP contribution in [0.5, 0.6) is 0 Å². The van der Waals surface area contributed by atoms with Gasteiger partial charge >= 0.3 is 0 Å². The topological polar surface area (TPSA) is 3.24 Å². The lowest BCUT2D eigenvalue weighted by Crippen LogP contribution is -2.33. The standard InChI is InChI=1S/C12H23N/c1-5-9-10-11-12(6-2)13(7-3)8-4/h5-6,12H,1-2,7-11H2,3-4H3. The van der Waals surface area contributed by atoms with E-state index in [4.69, 9.17) is 0 Å². The van der Waals surface area contributed by atoms with Crippen LogP contribution in [0.15, 0.2) is 25.3 Å². The minimum Gasteiger partial charge on any atom is -0.297 e. The predicted octanol–water partition coefficient (Wildman–Crippen LogP) is 3.24. The summed E-state index contributed by atoms with van der Waals surface area (Å²) in [7, 11) is 0. The smallest absolute Gasteiger partial charge is 0.0275 e. The molecule has 1 unspecified atom stereocenters. The molecule has 1 nitrogen and oxygen atoms in total. The first-order valence-corrected chi connectivity index (χ1v) is 5.27. The van der Waals surface area contributed by atoms with Gasteiger partial charge in [-0.2, -0.15) is 0 Å². The molecule has 0 aliphatic heterocycles. The molecule has 0 fully saturated rings. The van der Waals surface area contributed by atoms with Gasteiger partial charge in [-0.05, 0) is 32.4 Å². The van der Waals surface area contributed by atoms with Gasteiger partial charge in [0.25, 0.3) is 0 Å². The van der Waals surface area contributed by atoms with Gasteiger partial charge in [0.05, 0.1) is 0 Å². The zero-order chi connectivity index (χ0) is 10.1. The molecular weight excluding hydrogens is 158 g/mol. The fourth-order valence-corrected chi connectivity index (χ4v) is 1.61. The molecule has 0 aliphatic carbocycles. The second-order valence-corrected chi connectivity index (χ2v) is 3.24. The lowest BCUT2D eigenvalue weighted by atomic mass is 10.1. The third-order valence-corrected chi connectivity index (χ3v) is 2.46. The fourth-order valence-electron chi connectivity index (χ4n) is 1.61. The molecule has 0 spiro atoms. The van der Waals surface area contributed by atoms with E-state index in [0.29, 0.717) is 6.04 Å². The molecule has 0 aliphatic rings. The summed E-state index contributed by atoms with van der Waals surface area (Å²) in [5, 5.41) is 0. The molecule has 0 amide bonds. The maximum atomic E-state index is 3.89. The van der Waals surface area contributed by atoms with Gasteiger partial charge in [-0.3, -0.25) is 4.90 Å². The van der Waals surface area contributed by atoms with E-state index < -0.39 is 0 Å². The van der Waals surface area contributed by atoms with Gasteiger partial charge in [0.2, 0.25) is 0 Å². The molecule has 13 heavy (non-hydrogen) atoms. The van der Waals surface area contributed by atoms with Crippen LogP contribution in [0.4, 0.5) is 0 Å². The zero-order valence-electron chi connectivity index (χ0n) is 9.13. The Morgan fingerprint density at radius 2 is 1.85 bits per heavy atom. The van der Waals surface area contributed by atoms with Gasteiger partial charge in [-0.1, -0.05) is 26.0 Å². The molecule has 0 aromatic rings. The molecule has 0 radical (unpaired) electrons. The SMILES string of the molecule is C=CCCCC(C=C)N(CC)CC. The summed E-state index contributed by atoms with van der Waals surface area (Å²) in [5.74, 6) is 0. The van der Waals surface area contributed by atoms with E-state index in [1.165, 1.54) is 12.8 Å². The number of hydrogen-bond acceptors (Lipinski definition) is 1. The third-order valence-electron chi connectivity index (χ3n) is 2.46. The summed E-state index contributed by atoms with van der Waals surface area (Å²) in [6.07, 6.45) is 7.60. The Hall–Kier alpha value is -0.560. The lowest BCUT2D eigenvalue weighted by Gasteiger charge is -2.26. The molecule has 0 heterocycles. The van der Waals surface area contributed by atoms with Crippen LogP contribution in [0.3, 0.4) is 0 Å². The molecule has 0 aromatic heterocycles. The highest BCUT2D eigenvalue weighted by Crippen LogP contribution is 2.09. The van der Waals surface area contributed by atoms with Crippen LogP contribution in [-0.2, 0) is 0 Å². The number of hydrogen-bond donors (Lipinski definition) is 0. The summed E-state index contributed by atoms with van der Waals surface area (Å²) in [6.45, 7) is 14.2. The Kier molecular flexibility index (Phi) is 7.71. The normalized spacial score (nSPS) is 12.8. The predicted molar refractivity (Wildman–Crippen MR) is 61.0 cm³/mol. The van der Waals surface area contributed by atoms with Crippen molar-refractivity contribution in [3.8, 4) is 0 Å².